The van der Waals surface area contributed by atoms with Gasteiger partial charge in [-0.3, -0.25) is 19.9 Å². The molecule has 0 bridgehead atoms. The third-order valence-electron chi connectivity index (χ3n) is 9.84. The van der Waals surface area contributed by atoms with Gasteiger partial charge in [-0.05, 0) is 85.4 Å². The molecule has 5 rings (SSSR count). The standard InChI is InChI=1S/C28H32ClF2NO5/c1-26-12-24(36)28(31)20(11-22(30)21-10-18(34)7-8-27(21,28)2)19(26)9-15(25(26)23(35)14-33)13-32(37)17-5-3-16(29)4-6-17/h3-8,10,15,19-20,22,24-25,33,36-37H,9,11-14H2,1-2H3/t15-,19-,20-,22-,24-,25+,26-,27-,28-/m0/s1. The summed E-state index contributed by atoms with van der Waals surface area (Å²) in [5.74, 6) is -3.52. The van der Waals surface area contributed by atoms with Gasteiger partial charge in [-0.2, -0.15) is 0 Å². The van der Waals surface area contributed by atoms with E-state index in [1.54, 1.807) is 24.3 Å². The lowest BCUT2D eigenvalue weighted by Crippen LogP contribution is -2.68. The molecule has 1 aromatic rings. The summed E-state index contributed by atoms with van der Waals surface area (Å²) in [5, 5.41) is 33.6. The number of ketones is 2. The molecule has 0 saturated heterocycles. The first-order valence-electron chi connectivity index (χ1n) is 12.7. The number of fused-ring (bicyclic) bond motifs is 5. The lowest BCUT2D eigenvalue weighted by Gasteiger charge is -2.62. The third-order valence-corrected chi connectivity index (χ3v) is 10.1. The molecular formula is C28H32ClF2NO5. The first-order valence-corrected chi connectivity index (χ1v) is 13.1. The number of Topliss-reactive ketones (excluding diaryl/α,β-unsaturated/α-hetero) is 1. The van der Waals surface area contributed by atoms with E-state index < -0.39 is 70.6 Å². The monoisotopic (exact) mass is 535 g/mol. The van der Waals surface area contributed by atoms with Crippen molar-refractivity contribution in [2.45, 2.75) is 51.1 Å². The average molecular weight is 536 g/mol. The number of alkyl halides is 2. The van der Waals surface area contributed by atoms with Crippen LogP contribution in [0.1, 0.15) is 33.1 Å². The number of aliphatic hydroxyl groups excluding tert-OH is 2. The fourth-order valence-corrected chi connectivity index (χ4v) is 8.36. The van der Waals surface area contributed by atoms with Crippen molar-refractivity contribution in [3.8, 4) is 0 Å². The molecule has 3 saturated carbocycles. The molecule has 0 aliphatic heterocycles. The largest absolute Gasteiger partial charge is 0.390 e. The predicted octanol–water partition coefficient (Wildman–Crippen LogP) is 4.26. The Morgan fingerprint density at radius 1 is 1.19 bits per heavy atom. The van der Waals surface area contributed by atoms with Gasteiger partial charge >= 0.3 is 0 Å². The highest BCUT2D eigenvalue weighted by Gasteiger charge is 2.73. The van der Waals surface area contributed by atoms with E-state index in [0.717, 1.165) is 11.1 Å². The zero-order valence-corrected chi connectivity index (χ0v) is 21.5. The Morgan fingerprint density at radius 3 is 2.51 bits per heavy atom. The van der Waals surface area contributed by atoms with E-state index >= 15 is 8.78 Å². The lowest BCUT2D eigenvalue weighted by atomic mass is 9.45. The summed E-state index contributed by atoms with van der Waals surface area (Å²) in [6.07, 6.45) is 0.691. The number of nitrogens with zero attached hydrogens (tertiary/aromatic N) is 1. The molecule has 4 aliphatic rings. The van der Waals surface area contributed by atoms with Crippen molar-refractivity contribution in [2.24, 2.45) is 34.5 Å². The van der Waals surface area contributed by atoms with E-state index in [9.17, 15) is 25.0 Å². The maximum atomic E-state index is 17.3. The number of aliphatic hydroxyl groups is 2. The van der Waals surface area contributed by atoms with E-state index in [-0.39, 0.29) is 25.0 Å². The van der Waals surface area contributed by atoms with Crippen LogP contribution in [0, 0.1) is 34.5 Å². The number of allylic oxidation sites excluding steroid dienone is 4. The van der Waals surface area contributed by atoms with Crippen molar-refractivity contribution in [1.29, 1.82) is 0 Å². The Balaban J connectivity index is 1.54. The van der Waals surface area contributed by atoms with Crippen LogP contribution < -0.4 is 5.06 Å². The van der Waals surface area contributed by atoms with Crippen molar-refractivity contribution >= 4 is 28.9 Å². The van der Waals surface area contributed by atoms with Gasteiger partial charge in [0.2, 0.25) is 0 Å². The highest BCUT2D eigenvalue weighted by Crippen LogP contribution is 2.70. The van der Waals surface area contributed by atoms with Gasteiger partial charge in [-0.25, -0.2) is 8.78 Å². The fraction of sp³-hybridized carbons (Fsp3) is 0.571. The number of carbonyl (C=O) groups is 2. The number of hydrogen-bond acceptors (Lipinski definition) is 6. The fourth-order valence-electron chi connectivity index (χ4n) is 8.24. The van der Waals surface area contributed by atoms with E-state index in [2.05, 4.69) is 0 Å². The Hall–Kier alpha value is -2.13. The molecule has 37 heavy (non-hydrogen) atoms. The van der Waals surface area contributed by atoms with Crippen molar-refractivity contribution < 1.29 is 33.8 Å². The van der Waals surface area contributed by atoms with Crippen LogP contribution >= 0.6 is 11.6 Å². The summed E-state index contributed by atoms with van der Waals surface area (Å²) in [6, 6.07) is 6.51. The predicted molar refractivity (Wildman–Crippen MR) is 134 cm³/mol. The number of hydrogen-bond donors (Lipinski definition) is 3. The summed E-state index contributed by atoms with van der Waals surface area (Å²) in [4.78, 5) is 25.1. The normalized spacial score (nSPS) is 42.5. The number of rotatable bonds is 5. The smallest absolute Gasteiger partial charge is 0.178 e. The van der Waals surface area contributed by atoms with Gasteiger partial charge < -0.3 is 10.2 Å². The topological polar surface area (TPSA) is 98.1 Å². The van der Waals surface area contributed by atoms with E-state index in [1.165, 1.54) is 19.1 Å². The SMILES string of the molecule is C[C@]12C[C@H](O)[C@@]3(F)[C@@H](C[C@H](F)C4=CC(=O)C=C[C@@]43C)[C@@H]1C[C@@H](CN(O)c1ccc(Cl)cc1)[C@@H]2C(=O)CO. The average Bonchev–Trinajstić information content (AvgIpc) is 3.13. The van der Waals surface area contributed by atoms with E-state index in [0.29, 0.717) is 17.1 Å². The molecule has 4 aliphatic carbocycles. The van der Waals surface area contributed by atoms with Crippen molar-refractivity contribution in [1.82, 2.24) is 0 Å². The van der Waals surface area contributed by atoms with E-state index in [1.807, 2.05) is 6.92 Å². The number of benzene rings is 1. The summed E-state index contributed by atoms with van der Waals surface area (Å²) < 4.78 is 32.9. The van der Waals surface area contributed by atoms with Gasteiger partial charge in [-0.1, -0.05) is 24.6 Å². The van der Waals surface area contributed by atoms with Crippen LogP contribution in [0.15, 0.2) is 48.1 Å². The molecule has 200 valence electrons. The maximum Gasteiger partial charge on any atom is 0.178 e. The van der Waals surface area contributed by atoms with Gasteiger partial charge in [0.25, 0.3) is 0 Å². The first kappa shape index (κ1) is 26.5. The first-order chi connectivity index (χ1) is 17.4. The Morgan fingerprint density at radius 2 is 1.86 bits per heavy atom. The minimum absolute atomic E-state index is 0.0299. The van der Waals surface area contributed by atoms with Crippen LogP contribution in [-0.2, 0) is 9.59 Å². The lowest BCUT2D eigenvalue weighted by molar-refractivity contribution is -0.202. The zero-order chi connectivity index (χ0) is 26.9. The van der Waals surface area contributed by atoms with Gasteiger partial charge in [0.05, 0.1) is 11.8 Å². The maximum absolute atomic E-state index is 17.3. The molecule has 0 spiro atoms. The summed E-state index contributed by atoms with van der Waals surface area (Å²) in [7, 11) is 0. The van der Waals surface area contributed by atoms with Crippen molar-refractivity contribution in [2.75, 3.05) is 18.2 Å². The minimum atomic E-state index is -2.25. The van der Waals surface area contributed by atoms with Gasteiger partial charge in [0.1, 0.15) is 12.8 Å². The summed E-state index contributed by atoms with van der Waals surface area (Å²) in [6.45, 7) is 2.65. The Kier molecular flexibility index (Phi) is 6.42. The Bertz CT molecular complexity index is 1170. The van der Waals surface area contributed by atoms with Crippen LogP contribution in [0.25, 0.3) is 0 Å². The van der Waals surface area contributed by atoms with E-state index in [4.69, 9.17) is 11.6 Å². The zero-order valence-electron chi connectivity index (χ0n) is 20.8. The quantitative estimate of drug-likeness (QED) is 0.487. The van der Waals surface area contributed by atoms with Crippen LogP contribution in [0.3, 0.4) is 0 Å². The van der Waals surface area contributed by atoms with Gasteiger partial charge in [-0.15, -0.1) is 0 Å². The molecule has 0 heterocycles. The van der Waals surface area contributed by atoms with Crippen molar-refractivity contribution in [3.63, 3.8) is 0 Å². The highest BCUT2D eigenvalue weighted by atomic mass is 35.5. The van der Waals surface area contributed by atoms with Crippen LogP contribution in [0.5, 0.6) is 0 Å². The van der Waals surface area contributed by atoms with Crippen LogP contribution in [0.2, 0.25) is 5.02 Å². The molecule has 3 N–H and O–H groups in total. The number of halogens is 3. The second-order valence-corrected chi connectivity index (χ2v) is 12.0. The summed E-state index contributed by atoms with van der Waals surface area (Å²) >= 11 is 5.95. The number of hydroxylamine groups is 1. The molecular weight excluding hydrogens is 504 g/mol. The molecule has 0 radical (unpaired) electrons. The number of anilines is 1. The second kappa shape index (κ2) is 8.97. The third kappa shape index (κ3) is 3.74. The summed E-state index contributed by atoms with van der Waals surface area (Å²) in [5.41, 5.74) is -4.18. The molecule has 3 fully saturated rings. The molecule has 0 unspecified atom stereocenters. The van der Waals surface area contributed by atoms with Crippen LogP contribution in [-0.4, -0.2) is 58.1 Å². The van der Waals surface area contributed by atoms with Gasteiger partial charge in [0.15, 0.2) is 17.2 Å². The number of carbonyl (C=O) groups excluding carboxylic acids is 2. The highest BCUT2D eigenvalue weighted by molar-refractivity contribution is 6.30. The molecule has 0 amide bonds. The van der Waals surface area contributed by atoms with Crippen LogP contribution in [0.4, 0.5) is 14.5 Å². The molecule has 1 aromatic carbocycles. The molecule has 9 heteroatoms. The molecule has 0 aromatic heterocycles. The van der Waals surface area contributed by atoms with Crippen molar-refractivity contribution in [3.05, 3.63) is 53.1 Å². The Labute approximate surface area is 219 Å². The van der Waals surface area contributed by atoms with Gasteiger partial charge in [0, 0.05) is 28.8 Å². The molecule has 9 atom stereocenters. The minimum Gasteiger partial charge on any atom is -0.390 e. The second-order valence-electron chi connectivity index (χ2n) is 11.6. The molecule has 6 nitrogen and oxygen atoms in total.